The summed E-state index contributed by atoms with van der Waals surface area (Å²) in [6.07, 6.45) is 2.38. The number of anilines is 1. The Balaban J connectivity index is 1.53. The minimum absolute atomic E-state index is 0.119. The Morgan fingerprint density at radius 3 is 2.67 bits per heavy atom. The zero-order valence-corrected chi connectivity index (χ0v) is 16.2. The lowest BCUT2D eigenvalue weighted by Crippen LogP contribution is -2.32. The maximum absolute atomic E-state index is 12.0. The van der Waals surface area contributed by atoms with Gasteiger partial charge in [-0.3, -0.25) is 9.59 Å². The van der Waals surface area contributed by atoms with E-state index in [1.807, 2.05) is 31.2 Å². The standard InChI is InChI=1S/C20H18ClN3O2S/c1-13-6-5-9-15(18(13)21)10-16-11-23-20(27-16)24-17(25)12-22-19(26)14-7-3-2-4-8-14/h2-9,11H,10,12H2,1H3,(H,22,26)(H,23,24,25). The molecule has 0 spiro atoms. The first kappa shape index (κ1) is 19.1. The Morgan fingerprint density at radius 1 is 1.11 bits per heavy atom. The van der Waals surface area contributed by atoms with Crippen molar-refractivity contribution in [2.24, 2.45) is 0 Å². The molecule has 0 fully saturated rings. The van der Waals surface area contributed by atoms with Crippen LogP contribution in [0.4, 0.5) is 5.13 Å². The highest BCUT2D eigenvalue weighted by atomic mass is 35.5. The average molecular weight is 400 g/mol. The van der Waals surface area contributed by atoms with E-state index in [1.54, 1.807) is 30.5 Å². The number of carbonyl (C=O) groups excluding carboxylic acids is 2. The van der Waals surface area contributed by atoms with Gasteiger partial charge in [0.25, 0.3) is 5.91 Å². The average Bonchev–Trinajstić information content (AvgIpc) is 3.11. The molecular formula is C20H18ClN3O2S. The highest BCUT2D eigenvalue weighted by molar-refractivity contribution is 7.15. The van der Waals surface area contributed by atoms with Gasteiger partial charge in [0.1, 0.15) is 0 Å². The molecule has 1 aromatic heterocycles. The summed E-state index contributed by atoms with van der Waals surface area (Å²) in [6, 6.07) is 14.7. The lowest BCUT2D eigenvalue weighted by atomic mass is 10.1. The van der Waals surface area contributed by atoms with Gasteiger partial charge in [0, 0.05) is 28.1 Å². The number of aromatic nitrogens is 1. The molecule has 0 aliphatic heterocycles. The van der Waals surface area contributed by atoms with Gasteiger partial charge in [-0.15, -0.1) is 11.3 Å². The van der Waals surface area contributed by atoms with E-state index in [9.17, 15) is 9.59 Å². The molecule has 0 radical (unpaired) electrons. The van der Waals surface area contributed by atoms with E-state index in [4.69, 9.17) is 11.6 Å². The van der Waals surface area contributed by atoms with E-state index < -0.39 is 0 Å². The minimum atomic E-state index is -0.325. The zero-order chi connectivity index (χ0) is 19.2. The Labute approximate surface area is 166 Å². The molecule has 0 saturated carbocycles. The summed E-state index contributed by atoms with van der Waals surface area (Å²) in [6.45, 7) is 1.85. The van der Waals surface area contributed by atoms with Crippen molar-refractivity contribution < 1.29 is 9.59 Å². The molecule has 0 atom stereocenters. The largest absolute Gasteiger partial charge is 0.343 e. The summed E-state index contributed by atoms with van der Waals surface area (Å²) < 4.78 is 0. The Morgan fingerprint density at radius 2 is 1.89 bits per heavy atom. The summed E-state index contributed by atoms with van der Waals surface area (Å²) in [5, 5.41) is 6.53. The van der Waals surface area contributed by atoms with Crippen LogP contribution in [0.5, 0.6) is 0 Å². The number of hydrogen-bond acceptors (Lipinski definition) is 4. The van der Waals surface area contributed by atoms with E-state index in [0.29, 0.717) is 17.1 Å². The van der Waals surface area contributed by atoms with Crippen molar-refractivity contribution >= 4 is 39.9 Å². The number of thiazole rings is 1. The quantitative estimate of drug-likeness (QED) is 0.656. The van der Waals surface area contributed by atoms with Crippen molar-refractivity contribution in [3.05, 3.63) is 81.3 Å². The molecule has 0 unspecified atom stereocenters. The summed E-state index contributed by atoms with van der Waals surface area (Å²) in [5.41, 5.74) is 2.56. The second-order valence-corrected chi connectivity index (χ2v) is 7.45. The number of halogens is 1. The maximum atomic E-state index is 12.0. The molecular weight excluding hydrogens is 382 g/mol. The van der Waals surface area contributed by atoms with E-state index in [2.05, 4.69) is 15.6 Å². The summed E-state index contributed by atoms with van der Waals surface area (Å²) in [5.74, 6) is -0.617. The monoisotopic (exact) mass is 399 g/mol. The van der Waals surface area contributed by atoms with E-state index in [-0.39, 0.29) is 18.4 Å². The third-order valence-electron chi connectivity index (χ3n) is 3.88. The topological polar surface area (TPSA) is 71.1 Å². The van der Waals surface area contributed by atoms with Crippen LogP contribution in [0.15, 0.2) is 54.7 Å². The van der Waals surface area contributed by atoms with Crippen LogP contribution in [0, 0.1) is 6.92 Å². The predicted molar refractivity (Wildman–Crippen MR) is 109 cm³/mol. The zero-order valence-electron chi connectivity index (χ0n) is 14.7. The van der Waals surface area contributed by atoms with Gasteiger partial charge in [-0.05, 0) is 30.2 Å². The highest BCUT2D eigenvalue weighted by Gasteiger charge is 2.11. The number of rotatable bonds is 6. The molecule has 0 saturated heterocycles. The van der Waals surface area contributed by atoms with Gasteiger partial charge in [0.05, 0.1) is 6.54 Å². The van der Waals surface area contributed by atoms with Crippen molar-refractivity contribution in [2.45, 2.75) is 13.3 Å². The number of benzene rings is 2. The smallest absolute Gasteiger partial charge is 0.251 e. The van der Waals surface area contributed by atoms with Crippen molar-refractivity contribution in [1.82, 2.24) is 10.3 Å². The van der Waals surface area contributed by atoms with Gasteiger partial charge in [0.2, 0.25) is 5.91 Å². The predicted octanol–water partition coefficient (Wildman–Crippen LogP) is 4.06. The van der Waals surface area contributed by atoms with Crippen LogP contribution in [-0.4, -0.2) is 23.3 Å². The Bertz CT molecular complexity index is 957. The van der Waals surface area contributed by atoms with Gasteiger partial charge in [-0.1, -0.05) is 48.0 Å². The maximum Gasteiger partial charge on any atom is 0.251 e. The molecule has 0 aliphatic carbocycles. The fraction of sp³-hybridized carbons (Fsp3) is 0.150. The van der Waals surface area contributed by atoms with E-state index in [1.165, 1.54) is 11.3 Å². The lowest BCUT2D eigenvalue weighted by molar-refractivity contribution is -0.115. The van der Waals surface area contributed by atoms with Crippen molar-refractivity contribution in [2.75, 3.05) is 11.9 Å². The van der Waals surface area contributed by atoms with Crippen molar-refractivity contribution in [3.8, 4) is 0 Å². The second-order valence-electron chi connectivity index (χ2n) is 5.95. The van der Waals surface area contributed by atoms with Gasteiger partial charge < -0.3 is 10.6 Å². The summed E-state index contributed by atoms with van der Waals surface area (Å²) in [4.78, 5) is 29.2. The molecule has 1 heterocycles. The van der Waals surface area contributed by atoms with Gasteiger partial charge >= 0.3 is 0 Å². The highest BCUT2D eigenvalue weighted by Crippen LogP contribution is 2.26. The molecule has 2 aromatic carbocycles. The van der Waals surface area contributed by atoms with Crippen molar-refractivity contribution in [1.29, 1.82) is 0 Å². The molecule has 138 valence electrons. The fourth-order valence-corrected chi connectivity index (χ4v) is 3.54. The lowest BCUT2D eigenvalue weighted by Gasteiger charge is -2.05. The molecule has 3 rings (SSSR count). The fourth-order valence-electron chi connectivity index (χ4n) is 2.50. The van der Waals surface area contributed by atoms with Crippen LogP contribution < -0.4 is 10.6 Å². The number of carbonyl (C=O) groups is 2. The van der Waals surface area contributed by atoms with Crippen LogP contribution in [0.2, 0.25) is 5.02 Å². The molecule has 0 aliphatic rings. The second kappa shape index (κ2) is 8.79. The number of nitrogens with zero attached hydrogens (tertiary/aromatic N) is 1. The number of aryl methyl sites for hydroxylation is 1. The molecule has 3 aromatic rings. The van der Waals surface area contributed by atoms with Gasteiger partial charge in [-0.2, -0.15) is 0 Å². The van der Waals surface area contributed by atoms with Crippen LogP contribution in [0.25, 0.3) is 0 Å². The first-order chi connectivity index (χ1) is 13.0. The Kier molecular flexibility index (Phi) is 6.21. The van der Waals surface area contributed by atoms with Crippen molar-refractivity contribution in [3.63, 3.8) is 0 Å². The third-order valence-corrected chi connectivity index (χ3v) is 5.34. The van der Waals surface area contributed by atoms with Crippen LogP contribution >= 0.6 is 22.9 Å². The minimum Gasteiger partial charge on any atom is -0.343 e. The van der Waals surface area contributed by atoms with Crippen LogP contribution in [-0.2, 0) is 11.2 Å². The molecule has 27 heavy (non-hydrogen) atoms. The molecule has 2 amide bonds. The Hall–Kier alpha value is -2.70. The van der Waals surface area contributed by atoms with Gasteiger partial charge in [-0.25, -0.2) is 4.98 Å². The molecule has 2 N–H and O–H groups in total. The third kappa shape index (κ3) is 5.15. The molecule has 0 bridgehead atoms. The van der Waals surface area contributed by atoms with E-state index >= 15 is 0 Å². The first-order valence-electron chi connectivity index (χ1n) is 8.34. The summed E-state index contributed by atoms with van der Waals surface area (Å²) >= 11 is 7.72. The van der Waals surface area contributed by atoms with Crippen LogP contribution in [0.3, 0.4) is 0 Å². The van der Waals surface area contributed by atoms with E-state index in [0.717, 1.165) is 21.0 Å². The van der Waals surface area contributed by atoms with Crippen LogP contribution in [0.1, 0.15) is 26.4 Å². The SMILES string of the molecule is Cc1cccc(Cc2cnc(NC(=O)CNC(=O)c3ccccc3)s2)c1Cl. The number of amides is 2. The molecule has 5 nitrogen and oxygen atoms in total. The number of nitrogens with one attached hydrogen (secondary N) is 2. The first-order valence-corrected chi connectivity index (χ1v) is 9.54. The normalized spacial score (nSPS) is 10.4. The summed E-state index contributed by atoms with van der Waals surface area (Å²) in [7, 11) is 0. The van der Waals surface area contributed by atoms with Gasteiger partial charge in [0.15, 0.2) is 5.13 Å². The molecule has 7 heteroatoms. The number of hydrogen-bond donors (Lipinski definition) is 2.